The predicted octanol–water partition coefficient (Wildman–Crippen LogP) is 2.75. The van der Waals surface area contributed by atoms with Gasteiger partial charge in [-0.15, -0.1) is 0 Å². The van der Waals surface area contributed by atoms with Gasteiger partial charge in [0.25, 0.3) is 0 Å². The number of aliphatic hydroxyl groups excluding tert-OH is 1. The number of hydrogen-bond acceptors (Lipinski definition) is 3. The van der Waals surface area contributed by atoms with Gasteiger partial charge in [-0.3, -0.25) is 0 Å². The molecule has 3 N–H and O–H groups in total. The summed E-state index contributed by atoms with van der Waals surface area (Å²) >= 11 is 0. The summed E-state index contributed by atoms with van der Waals surface area (Å²) in [5, 5.41) is 10.5. The van der Waals surface area contributed by atoms with E-state index in [-0.39, 0.29) is 23.4 Å². The Balaban J connectivity index is 2.47. The lowest BCUT2D eigenvalue weighted by Gasteiger charge is -2.24. The molecule has 0 heterocycles. The lowest BCUT2D eigenvalue weighted by atomic mass is 9.88. The molecule has 0 fully saturated rings. The van der Waals surface area contributed by atoms with E-state index in [9.17, 15) is 13.9 Å². The van der Waals surface area contributed by atoms with Crippen molar-refractivity contribution in [2.24, 2.45) is 5.73 Å². The van der Waals surface area contributed by atoms with Gasteiger partial charge in [0.05, 0.1) is 18.8 Å². The number of ether oxygens (including phenoxy) is 1. The summed E-state index contributed by atoms with van der Waals surface area (Å²) in [6.07, 6.45) is -1.30. The number of halogens is 2. The Bertz CT molecular complexity index is 619. The first kappa shape index (κ1) is 15.4. The summed E-state index contributed by atoms with van der Waals surface area (Å²) < 4.78 is 33.0. The van der Waals surface area contributed by atoms with E-state index in [4.69, 9.17) is 10.5 Å². The smallest absolute Gasteiger partial charge is 0.132 e. The second kappa shape index (κ2) is 6.65. The molecular formula is C16H17F2NO2. The third-order valence-corrected chi connectivity index (χ3v) is 3.47. The highest BCUT2D eigenvalue weighted by Gasteiger charge is 2.28. The average molecular weight is 293 g/mol. The number of benzene rings is 2. The van der Waals surface area contributed by atoms with E-state index in [1.54, 1.807) is 12.1 Å². The van der Waals surface area contributed by atoms with E-state index in [2.05, 4.69) is 0 Å². The average Bonchev–Trinajstić information content (AvgIpc) is 2.49. The maximum Gasteiger partial charge on any atom is 0.132 e. The summed E-state index contributed by atoms with van der Waals surface area (Å²) in [4.78, 5) is 0. The molecule has 0 spiro atoms. The summed E-state index contributed by atoms with van der Waals surface area (Å²) in [5.74, 6) is -1.66. The van der Waals surface area contributed by atoms with Gasteiger partial charge in [-0.25, -0.2) is 8.78 Å². The molecule has 3 nitrogen and oxygen atoms in total. The molecule has 0 radical (unpaired) electrons. The van der Waals surface area contributed by atoms with E-state index in [0.29, 0.717) is 0 Å². The van der Waals surface area contributed by atoms with E-state index >= 15 is 0 Å². The molecule has 112 valence electrons. The number of rotatable bonds is 5. The van der Waals surface area contributed by atoms with Crippen molar-refractivity contribution in [3.63, 3.8) is 0 Å². The molecule has 0 saturated heterocycles. The van der Waals surface area contributed by atoms with Crippen molar-refractivity contribution in [2.75, 3.05) is 13.7 Å². The fourth-order valence-electron chi connectivity index (χ4n) is 2.39. The topological polar surface area (TPSA) is 55.5 Å². The second-order valence-electron chi connectivity index (χ2n) is 4.66. The van der Waals surface area contributed by atoms with Gasteiger partial charge in [-0.05, 0) is 23.8 Å². The van der Waals surface area contributed by atoms with Gasteiger partial charge in [0.1, 0.15) is 17.4 Å². The molecule has 21 heavy (non-hydrogen) atoms. The van der Waals surface area contributed by atoms with Crippen LogP contribution in [0.3, 0.4) is 0 Å². The van der Waals surface area contributed by atoms with Crippen LogP contribution in [0.25, 0.3) is 0 Å². The van der Waals surface area contributed by atoms with Crippen molar-refractivity contribution in [2.45, 2.75) is 12.0 Å². The maximum atomic E-state index is 14.0. The monoisotopic (exact) mass is 293 g/mol. The summed E-state index contributed by atoms with van der Waals surface area (Å²) in [6.45, 7) is -0.0282. The zero-order valence-electron chi connectivity index (χ0n) is 11.6. The molecule has 0 aliphatic heterocycles. The predicted molar refractivity (Wildman–Crippen MR) is 76.1 cm³/mol. The number of methoxy groups -OCH3 is 1. The Labute approximate surface area is 122 Å². The molecule has 0 saturated carbocycles. The van der Waals surface area contributed by atoms with E-state index in [1.807, 2.05) is 0 Å². The summed E-state index contributed by atoms with van der Waals surface area (Å²) in [7, 11) is 1.38. The van der Waals surface area contributed by atoms with Crippen molar-refractivity contribution in [1.82, 2.24) is 0 Å². The molecular weight excluding hydrogens is 276 g/mol. The molecule has 2 aromatic rings. The van der Waals surface area contributed by atoms with Crippen molar-refractivity contribution in [1.29, 1.82) is 0 Å². The molecule has 0 aliphatic rings. The highest BCUT2D eigenvalue weighted by molar-refractivity contribution is 5.39. The fourth-order valence-corrected chi connectivity index (χ4v) is 2.39. The van der Waals surface area contributed by atoms with Gasteiger partial charge in [0.15, 0.2) is 0 Å². The first-order chi connectivity index (χ1) is 10.1. The van der Waals surface area contributed by atoms with Crippen LogP contribution in [0, 0.1) is 11.6 Å². The zero-order chi connectivity index (χ0) is 15.4. The Morgan fingerprint density at radius 2 is 1.76 bits per heavy atom. The Hall–Kier alpha value is -1.98. The minimum Gasteiger partial charge on any atom is -0.496 e. The molecule has 2 unspecified atom stereocenters. The van der Waals surface area contributed by atoms with Crippen LogP contribution in [0.1, 0.15) is 23.1 Å². The summed E-state index contributed by atoms with van der Waals surface area (Å²) in [5.41, 5.74) is 5.90. The van der Waals surface area contributed by atoms with E-state index in [0.717, 1.165) is 0 Å². The first-order valence-electron chi connectivity index (χ1n) is 6.55. The van der Waals surface area contributed by atoms with Crippen molar-refractivity contribution >= 4 is 0 Å². The zero-order valence-corrected chi connectivity index (χ0v) is 11.6. The van der Waals surface area contributed by atoms with E-state index in [1.165, 1.54) is 37.4 Å². The van der Waals surface area contributed by atoms with Gasteiger partial charge < -0.3 is 15.6 Å². The fraction of sp³-hybridized carbons (Fsp3) is 0.250. The lowest BCUT2D eigenvalue weighted by Crippen LogP contribution is -2.22. The highest BCUT2D eigenvalue weighted by Crippen LogP contribution is 2.37. The highest BCUT2D eigenvalue weighted by atomic mass is 19.1. The minimum absolute atomic E-state index is 0.0151. The quantitative estimate of drug-likeness (QED) is 0.891. The van der Waals surface area contributed by atoms with Crippen LogP contribution in [0.15, 0.2) is 42.5 Å². The molecule has 2 aromatic carbocycles. The lowest BCUT2D eigenvalue weighted by molar-refractivity contribution is 0.137. The SMILES string of the molecule is COc1cccc(F)c1C(O)C(CN)c1ccccc1F. The van der Waals surface area contributed by atoms with Crippen molar-refractivity contribution in [3.05, 3.63) is 65.2 Å². The van der Waals surface area contributed by atoms with Crippen LogP contribution < -0.4 is 10.5 Å². The van der Waals surface area contributed by atoms with Gasteiger partial charge in [-0.2, -0.15) is 0 Å². The van der Waals surface area contributed by atoms with Crippen molar-refractivity contribution < 1.29 is 18.6 Å². The van der Waals surface area contributed by atoms with E-state index < -0.39 is 23.7 Å². The minimum atomic E-state index is -1.30. The van der Waals surface area contributed by atoms with Crippen molar-refractivity contribution in [3.8, 4) is 5.75 Å². The van der Waals surface area contributed by atoms with Gasteiger partial charge in [0, 0.05) is 12.5 Å². The Morgan fingerprint density at radius 3 is 2.38 bits per heavy atom. The number of nitrogens with two attached hydrogens (primary N) is 1. The molecule has 0 aliphatic carbocycles. The third-order valence-electron chi connectivity index (χ3n) is 3.47. The summed E-state index contributed by atoms with van der Waals surface area (Å²) in [6, 6.07) is 10.2. The van der Waals surface area contributed by atoms with Crippen LogP contribution in [-0.4, -0.2) is 18.8 Å². The molecule has 2 atom stereocenters. The largest absolute Gasteiger partial charge is 0.496 e. The molecule has 0 amide bonds. The maximum absolute atomic E-state index is 14.0. The molecule has 0 aromatic heterocycles. The van der Waals surface area contributed by atoms with Gasteiger partial charge in [-0.1, -0.05) is 24.3 Å². The Morgan fingerprint density at radius 1 is 1.10 bits per heavy atom. The molecule has 5 heteroatoms. The third kappa shape index (κ3) is 3.04. The van der Waals surface area contributed by atoms with Crippen LogP contribution in [-0.2, 0) is 0 Å². The van der Waals surface area contributed by atoms with Gasteiger partial charge >= 0.3 is 0 Å². The molecule has 0 bridgehead atoms. The first-order valence-corrected chi connectivity index (χ1v) is 6.55. The molecule has 2 rings (SSSR count). The van der Waals surface area contributed by atoms with Crippen LogP contribution >= 0.6 is 0 Å². The number of hydrogen-bond donors (Lipinski definition) is 2. The van der Waals surface area contributed by atoms with Crippen LogP contribution in [0.2, 0.25) is 0 Å². The normalized spacial score (nSPS) is 13.8. The Kier molecular flexibility index (Phi) is 4.88. The second-order valence-corrected chi connectivity index (χ2v) is 4.66. The number of aliphatic hydroxyl groups is 1. The van der Waals surface area contributed by atoms with Crippen LogP contribution in [0.4, 0.5) is 8.78 Å². The van der Waals surface area contributed by atoms with Gasteiger partial charge in [0.2, 0.25) is 0 Å². The standard InChI is InChI=1S/C16H17F2NO2/c1-21-14-8-4-7-13(18)15(14)16(20)11(9-19)10-5-2-3-6-12(10)17/h2-8,11,16,20H,9,19H2,1H3. The van der Waals surface area contributed by atoms with Crippen LogP contribution in [0.5, 0.6) is 5.75 Å².